The molecule has 1 heterocycles. The van der Waals surface area contributed by atoms with Crippen LogP contribution in [0, 0.1) is 0 Å². The molecule has 0 aromatic heterocycles. The lowest BCUT2D eigenvalue weighted by molar-refractivity contribution is -0.0233. The maximum absolute atomic E-state index is 5.16. The third-order valence-electron chi connectivity index (χ3n) is 2.01. The summed E-state index contributed by atoms with van der Waals surface area (Å²) in [6.45, 7) is 7.55. The van der Waals surface area contributed by atoms with E-state index in [0.717, 1.165) is 19.6 Å². The first-order chi connectivity index (χ1) is 5.22. The van der Waals surface area contributed by atoms with Gasteiger partial charge in [0.1, 0.15) is 0 Å². The molecule has 11 heavy (non-hydrogen) atoms. The Bertz CT molecular complexity index is 144. The highest BCUT2D eigenvalue weighted by Gasteiger charge is 2.24. The number of hydrogen-bond acceptors (Lipinski definition) is 2. The summed E-state index contributed by atoms with van der Waals surface area (Å²) in [6, 6.07) is 0. The fourth-order valence-corrected chi connectivity index (χ4v) is 1.13. The Kier molecular flexibility index (Phi) is 3.09. The SMILES string of the molecule is COC1CN(CC=C(C)C)C1. The molecule has 64 valence electrons. The first-order valence-corrected chi connectivity index (χ1v) is 4.11. The van der Waals surface area contributed by atoms with E-state index < -0.39 is 0 Å². The molecule has 1 aliphatic heterocycles. The van der Waals surface area contributed by atoms with Gasteiger partial charge in [-0.05, 0) is 13.8 Å². The van der Waals surface area contributed by atoms with E-state index in [1.54, 1.807) is 7.11 Å². The van der Waals surface area contributed by atoms with Crippen molar-refractivity contribution in [2.45, 2.75) is 20.0 Å². The van der Waals surface area contributed by atoms with Gasteiger partial charge in [-0.1, -0.05) is 11.6 Å². The molecule has 0 saturated carbocycles. The van der Waals surface area contributed by atoms with E-state index >= 15 is 0 Å². The van der Waals surface area contributed by atoms with Crippen molar-refractivity contribution < 1.29 is 4.74 Å². The molecular formula is C9H17NO. The Morgan fingerprint density at radius 3 is 2.64 bits per heavy atom. The molecular weight excluding hydrogens is 138 g/mol. The van der Waals surface area contributed by atoms with Crippen LogP contribution in [0.5, 0.6) is 0 Å². The minimum absolute atomic E-state index is 0.487. The summed E-state index contributed by atoms with van der Waals surface area (Å²) in [5, 5.41) is 0. The molecule has 2 nitrogen and oxygen atoms in total. The Hall–Kier alpha value is -0.340. The maximum Gasteiger partial charge on any atom is 0.0825 e. The monoisotopic (exact) mass is 155 g/mol. The summed E-state index contributed by atoms with van der Waals surface area (Å²) in [4.78, 5) is 2.38. The fraction of sp³-hybridized carbons (Fsp3) is 0.778. The van der Waals surface area contributed by atoms with Crippen LogP contribution in [0.25, 0.3) is 0 Å². The molecule has 0 aromatic rings. The van der Waals surface area contributed by atoms with Gasteiger partial charge in [0.05, 0.1) is 6.10 Å². The molecule has 1 saturated heterocycles. The first-order valence-electron chi connectivity index (χ1n) is 4.11. The number of ether oxygens (including phenoxy) is 1. The van der Waals surface area contributed by atoms with Crippen LogP contribution in [0.3, 0.4) is 0 Å². The molecule has 1 aliphatic rings. The van der Waals surface area contributed by atoms with Gasteiger partial charge in [0, 0.05) is 26.7 Å². The second-order valence-electron chi connectivity index (χ2n) is 3.36. The van der Waals surface area contributed by atoms with Crippen LogP contribution in [0.1, 0.15) is 13.8 Å². The summed E-state index contributed by atoms with van der Waals surface area (Å²) >= 11 is 0. The van der Waals surface area contributed by atoms with Crippen molar-refractivity contribution in [3.05, 3.63) is 11.6 Å². The van der Waals surface area contributed by atoms with Crippen LogP contribution in [0.4, 0.5) is 0 Å². The minimum Gasteiger partial charge on any atom is -0.379 e. The largest absolute Gasteiger partial charge is 0.379 e. The highest BCUT2D eigenvalue weighted by Crippen LogP contribution is 2.10. The number of hydrogen-bond donors (Lipinski definition) is 0. The smallest absolute Gasteiger partial charge is 0.0825 e. The first kappa shape index (κ1) is 8.75. The molecule has 0 bridgehead atoms. The predicted octanol–water partition coefficient (Wildman–Crippen LogP) is 1.28. The number of methoxy groups -OCH3 is 1. The molecule has 0 unspecified atom stereocenters. The average Bonchev–Trinajstić information content (AvgIpc) is 1.84. The molecule has 0 amide bonds. The third kappa shape index (κ3) is 2.64. The van der Waals surface area contributed by atoms with E-state index in [1.165, 1.54) is 5.57 Å². The van der Waals surface area contributed by atoms with Crippen molar-refractivity contribution >= 4 is 0 Å². The van der Waals surface area contributed by atoms with Crippen molar-refractivity contribution in [3.63, 3.8) is 0 Å². The summed E-state index contributed by atoms with van der Waals surface area (Å²) < 4.78 is 5.16. The van der Waals surface area contributed by atoms with E-state index in [1.807, 2.05) is 0 Å². The zero-order valence-corrected chi connectivity index (χ0v) is 7.63. The standard InChI is InChI=1S/C9H17NO/c1-8(2)4-5-10-6-9(7-10)11-3/h4,9H,5-7H2,1-3H3. The molecule has 0 spiro atoms. The van der Waals surface area contributed by atoms with E-state index in [4.69, 9.17) is 4.74 Å². The Labute approximate surface area is 68.8 Å². The third-order valence-corrected chi connectivity index (χ3v) is 2.01. The highest BCUT2D eigenvalue weighted by atomic mass is 16.5. The molecule has 1 fully saturated rings. The lowest BCUT2D eigenvalue weighted by Crippen LogP contribution is -2.51. The van der Waals surface area contributed by atoms with Crippen LogP contribution in [0.15, 0.2) is 11.6 Å². The Morgan fingerprint density at radius 1 is 1.55 bits per heavy atom. The number of likely N-dealkylation sites (tertiary alicyclic amines) is 1. The predicted molar refractivity (Wildman–Crippen MR) is 46.7 cm³/mol. The second-order valence-corrected chi connectivity index (χ2v) is 3.36. The normalized spacial score (nSPS) is 19.5. The second kappa shape index (κ2) is 3.88. The molecule has 0 N–H and O–H groups in total. The summed E-state index contributed by atoms with van der Waals surface area (Å²) in [5.41, 5.74) is 1.39. The van der Waals surface area contributed by atoms with Crippen LogP contribution >= 0.6 is 0 Å². The van der Waals surface area contributed by atoms with Crippen molar-refractivity contribution in [2.24, 2.45) is 0 Å². The molecule has 1 rings (SSSR count). The highest BCUT2D eigenvalue weighted by molar-refractivity contribution is 4.97. The van der Waals surface area contributed by atoms with Crippen LogP contribution < -0.4 is 0 Å². The Morgan fingerprint density at radius 2 is 2.18 bits per heavy atom. The van der Waals surface area contributed by atoms with Crippen LogP contribution in [-0.4, -0.2) is 37.7 Å². The van der Waals surface area contributed by atoms with Gasteiger partial charge in [0.2, 0.25) is 0 Å². The lowest BCUT2D eigenvalue weighted by atomic mass is 10.1. The van der Waals surface area contributed by atoms with Gasteiger partial charge < -0.3 is 4.74 Å². The summed E-state index contributed by atoms with van der Waals surface area (Å²) in [6.07, 6.45) is 2.74. The average molecular weight is 155 g/mol. The van der Waals surface area contributed by atoms with Gasteiger partial charge in [-0.2, -0.15) is 0 Å². The van der Waals surface area contributed by atoms with Crippen molar-refractivity contribution in [1.82, 2.24) is 4.90 Å². The zero-order chi connectivity index (χ0) is 8.27. The van der Waals surface area contributed by atoms with E-state index in [0.29, 0.717) is 6.10 Å². The van der Waals surface area contributed by atoms with Gasteiger partial charge in [-0.15, -0.1) is 0 Å². The van der Waals surface area contributed by atoms with Gasteiger partial charge >= 0.3 is 0 Å². The number of allylic oxidation sites excluding steroid dienone is 1. The lowest BCUT2D eigenvalue weighted by Gasteiger charge is -2.37. The Balaban J connectivity index is 2.09. The van der Waals surface area contributed by atoms with Gasteiger partial charge in [-0.3, -0.25) is 4.90 Å². The number of rotatable bonds is 3. The van der Waals surface area contributed by atoms with E-state index in [2.05, 4.69) is 24.8 Å². The molecule has 0 aliphatic carbocycles. The molecule has 2 heteroatoms. The van der Waals surface area contributed by atoms with Crippen molar-refractivity contribution in [1.29, 1.82) is 0 Å². The maximum atomic E-state index is 5.16. The molecule has 0 aromatic carbocycles. The van der Waals surface area contributed by atoms with Gasteiger partial charge in [0.25, 0.3) is 0 Å². The zero-order valence-electron chi connectivity index (χ0n) is 7.63. The van der Waals surface area contributed by atoms with Gasteiger partial charge in [-0.25, -0.2) is 0 Å². The molecule has 0 atom stereocenters. The topological polar surface area (TPSA) is 12.5 Å². The summed E-state index contributed by atoms with van der Waals surface area (Å²) in [5.74, 6) is 0. The van der Waals surface area contributed by atoms with E-state index in [-0.39, 0.29) is 0 Å². The van der Waals surface area contributed by atoms with E-state index in [9.17, 15) is 0 Å². The number of nitrogens with zero attached hydrogens (tertiary/aromatic N) is 1. The van der Waals surface area contributed by atoms with Crippen LogP contribution in [0.2, 0.25) is 0 Å². The molecule has 0 radical (unpaired) electrons. The van der Waals surface area contributed by atoms with Gasteiger partial charge in [0.15, 0.2) is 0 Å². The fourth-order valence-electron chi connectivity index (χ4n) is 1.13. The minimum atomic E-state index is 0.487. The van der Waals surface area contributed by atoms with Crippen molar-refractivity contribution in [3.8, 4) is 0 Å². The summed E-state index contributed by atoms with van der Waals surface area (Å²) in [7, 11) is 1.78. The van der Waals surface area contributed by atoms with Crippen LogP contribution in [-0.2, 0) is 4.74 Å². The van der Waals surface area contributed by atoms with Crippen molar-refractivity contribution in [2.75, 3.05) is 26.7 Å². The quantitative estimate of drug-likeness (QED) is 0.569.